The third-order valence-corrected chi connectivity index (χ3v) is 4.03. The van der Waals surface area contributed by atoms with E-state index in [1.54, 1.807) is 18.2 Å². The molecule has 1 atom stereocenters. The summed E-state index contributed by atoms with van der Waals surface area (Å²) in [4.78, 5) is 16.7. The average molecular weight is 294 g/mol. The molecule has 0 spiro atoms. The molecular formula is C14H16ClN3O2. The second-order valence-electron chi connectivity index (χ2n) is 5.32. The van der Waals surface area contributed by atoms with Crippen molar-refractivity contribution in [2.75, 3.05) is 13.1 Å². The highest BCUT2D eigenvalue weighted by Gasteiger charge is 2.30. The molecule has 0 amide bonds. The van der Waals surface area contributed by atoms with Gasteiger partial charge in [0.05, 0.1) is 34.4 Å². The van der Waals surface area contributed by atoms with E-state index in [1.807, 2.05) is 0 Å². The van der Waals surface area contributed by atoms with Crippen LogP contribution in [0.3, 0.4) is 0 Å². The minimum atomic E-state index is -0.904. The smallest absolute Gasteiger partial charge is 0.262 e. The molecule has 0 bridgehead atoms. The Hall–Kier alpha value is -1.43. The van der Waals surface area contributed by atoms with Gasteiger partial charge in [-0.1, -0.05) is 17.7 Å². The number of rotatable bonds is 2. The van der Waals surface area contributed by atoms with Gasteiger partial charge in [-0.15, -0.1) is 0 Å². The molecule has 1 fully saturated rings. The van der Waals surface area contributed by atoms with Gasteiger partial charge in [0.25, 0.3) is 5.56 Å². The second-order valence-corrected chi connectivity index (χ2v) is 5.72. The number of piperidine rings is 1. The maximum atomic E-state index is 12.5. The molecule has 1 aromatic carbocycles. The number of halogens is 1. The maximum absolute atomic E-state index is 12.5. The highest BCUT2D eigenvalue weighted by Crippen LogP contribution is 2.20. The Morgan fingerprint density at radius 2 is 2.35 bits per heavy atom. The third-order valence-electron chi connectivity index (χ3n) is 3.72. The van der Waals surface area contributed by atoms with Crippen LogP contribution in [0, 0.1) is 0 Å². The summed E-state index contributed by atoms with van der Waals surface area (Å²) in [6.07, 6.45) is 3.05. The Morgan fingerprint density at radius 1 is 1.50 bits per heavy atom. The van der Waals surface area contributed by atoms with Gasteiger partial charge in [-0.25, -0.2) is 4.98 Å². The Labute approximate surface area is 121 Å². The van der Waals surface area contributed by atoms with Crippen molar-refractivity contribution in [2.45, 2.75) is 25.0 Å². The van der Waals surface area contributed by atoms with E-state index in [1.165, 1.54) is 10.9 Å². The van der Waals surface area contributed by atoms with E-state index < -0.39 is 5.60 Å². The molecule has 1 aliphatic heterocycles. The van der Waals surface area contributed by atoms with Crippen molar-refractivity contribution in [1.29, 1.82) is 0 Å². The van der Waals surface area contributed by atoms with Gasteiger partial charge in [-0.2, -0.15) is 0 Å². The fourth-order valence-electron chi connectivity index (χ4n) is 2.68. The zero-order chi connectivity index (χ0) is 14.2. The van der Waals surface area contributed by atoms with E-state index in [2.05, 4.69) is 10.3 Å². The highest BCUT2D eigenvalue weighted by atomic mass is 35.5. The Bertz CT molecular complexity index is 692. The number of benzene rings is 1. The molecule has 0 unspecified atom stereocenters. The number of hydrogen-bond acceptors (Lipinski definition) is 4. The van der Waals surface area contributed by atoms with Crippen molar-refractivity contribution in [3.8, 4) is 0 Å². The van der Waals surface area contributed by atoms with Gasteiger partial charge >= 0.3 is 0 Å². The summed E-state index contributed by atoms with van der Waals surface area (Å²) in [5.74, 6) is 0. The van der Waals surface area contributed by atoms with Gasteiger partial charge in [0.2, 0.25) is 0 Å². The van der Waals surface area contributed by atoms with Gasteiger partial charge in [-0.3, -0.25) is 9.36 Å². The SMILES string of the molecule is O=c1c2c(Cl)cccc2ncn1C[C@@]1(O)CCCNC1. The molecule has 6 heteroatoms. The van der Waals surface area contributed by atoms with Crippen LogP contribution in [0.5, 0.6) is 0 Å². The number of aromatic nitrogens is 2. The number of aliphatic hydroxyl groups is 1. The van der Waals surface area contributed by atoms with Crippen molar-refractivity contribution in [2.24, 2.45) is 0 Å². The Morgan fingerprint density at radius 3 is 3.10 bits per heavy atom. The number of nitrogens with one attached hydrogen (secondary N) is 1. The molecule has 5 nitrogen and oxygen atoms in total. The summed E-state index contributed by atoms with van der Waals surface area (Å²) in [6, 6.07) is 5.19. The largest absolute Gasteiger partial charge is 0.387 e. The minimum Gasteiger partial charge on any atom is -0.387 e. The summed E-state index contributed by atoms with van der Waals surface area (Å²) >= 11 is 6.08. The number of hydrogen-bond donors (Lipinski definition) is 2. The summed E-state index contributed by atoms with van der Waals surface area (Å²) in [6.45, 7) is 1.62. The lowest BCUT2D eigenvalue weighted by Crippen LogP contribution is -2.49. The molecule has 20 heavy (non-hydrogen) atoms. The zero-order valence-electron chi connectivity index (χ0n) is 11.0. The third kappa shape index (κ3) is 2.44. The molecule has 0 aliphatic carbocycles. The van der Waals surface area contributed by atoms with Crippen LogP contribution in [0.15, 0.2) is 29.3 Å². The maximum Gasteiger partial charge on any atom is 0.262 e. The number of β-amino-alcohol motifs (C(OH)–C–C–N with tert-alkyl or cyclic N) is 1. The predicted octanol–water partition coefficient (Wildman–Crippen LogP) is 1.16. The first kappa shape index (κ1) is 13.5. The van der Waals surface area contributed by atoms with Crippen LogP contribution in [-0.4, -0.2) is 33.3 Å². The van der Waals surface area contributed by atoms with Crippen LogP contribution < -0.4 is 10.9 Å². The number of fused-ring (bicyclic) bond motifs is 1. The summed E-state index contributed by atoms with van der Waals surface area (Å²) in [5.41, 5.74) is -0.536. The summed E-state index contributed by atoms with van der Waals surface area (Å²) in [7, 11) is 0. The molecule has 2 aromatic rings. The van der Waals surface area contributed by atoms with E-state index in [0.29, 0.717) is 28.9 Å². The number of nitrogens with zero attached hydrogens (tertiary/aromatic N) is 2. The Kier molecular flexibility index (Phi) is 3.50. The van der Waals surface area contributed by atoms with E-state index in [0.717, 1.165) is 13.0 Å². The fourth-order valence-corrected chi connectivity index (χ4v) is 2.93. The molecule has 1 aliphatic rings. The van der Waals surface area contributed by atoms with Gasteiger partial charge in [0, 0.05) is 6.54 Å². The monoisotopic (exact) mass is 293 g/mol. The predicted molar refractivity (Wildman–Crippen MR) is 78.1 cm³/mol. The van der Waals surface area contributed by atoms with Crippen LogP contribution in [-0.2, 0) is 6.54 Å². The van der Waals surface area contributed by atoms with Crippen molar-refractivity contribution in [3.63, 3.8) is 0 Å². The van der Waals surface area contributed by atoms with Crippen LogP contribution in [0.4, 0.5) is 0 Å². The van der Waals surface area contributed by atoms with Crippen LogP contribution in [0.2, 0.25) is 5.02 Å². The van der Waals surface area contributed by atoms with Crippen LogP contribution in [0.25, 0.3) is 10.9 Å². The lowest BCUT2D eigenvalue weighted by molar-refractivity contribution is -0.000246. The van der Waals surface area contributed by atoms with Gasteiger partial charge < -0.3 is 10.4 Å². The quantitative estimate of drug-likeness (QED) is 0.872. The van der Waals surface area contributed by atoms with Gasteiger partial charge in [0.15, 0.2) is 0 Å². The van der Waals surface area contributed by atoms with E-state index in [4.69, 9.17) is 11.6 Å². The van der Waals surface area contributed by atoms with Gasteiger partial charge in [0.1, 0.15) is 0 Å². The van der Waals surface area contributed by atoms with Crippen LogP contribution >= 0.6 is 11.6 Å². The van der Waals surface area contributed by atoms with E-state index >= 15 is 0 Å². The highest BCUT2D eigenvalue weighted by molar-refractivity contribution is 6.35. The standard InChI is InChI=1S/C14H16ClN3O2/c15-10-3-1-4-11-12(10)13(19)18(9-17-11)8-14(20)5-2-6-16-7-14/h1,3-4,9,16,20H,2,5-8H2/t14-/m1/s1. The molecule has 3 rings (SSSR count). The van der Waals surface area contributed by atoms with Gasteiger partial charge in [-0.05, 0) is 31.5 Å². The molecule has 106 valence electrons. The van der Waals surface area contributed by atoms with Crippen molar-refractivity contribution >= 4 is 22.5 Å². The molecule has 0 saturated carbocycles. The first-order chi connectivity index (χ1) is 9.59. The lowest BCUT2D eigenvalue weighted by Gasteiger charge is -2.32. The average Bonchev–Trinajstić information content (AvgIpc) is 2.43. The molecule has 2 heterocycles. The topological polar surface area (TPSA) is 67.2 Å². The first-order valence-corrected chi connectivity index (χ1v) is 7.04. The zero-order valence-corrected chi connectivity index (χ0v) is 11.7. The summed E-state index contributed by atoms with van der Waals surface area (Å²) < 4.78 is 1.45. The van der Waals surface area contributed by atoms with Crippen molar-refractivity contribution in [3.05, 3.63) is 39.9 Å². The summed E-state index contributed by atoms with van der Waals surface area (Å²) in [5, 5.41) is 14.5. The molecular weight excluding hydrogens is 278 g/mol. The normalized spacial score (nSPS) is 23.1. The van der Waals surface area contributed by atoms with Crippen molar-refractivity contribution < 1.29 is 5.11 Å². The fraction of sp³-hybridized carbons (Fsp3) is 0.429. The molecule has 0 radical (unpaired) electrons. The van der Waals surface area contributed by atoms with Crippen LogP contribution in [0.1, 0.15) is 12.8 Å². The lowest BCUT2D eigenvalue weighted by atomic mass is 9.94. The molecule has 1 aromatic heterocycles. The second kappa shape index (κ2) is 5.16. The molecule has 1 saturated heterocycles. The first-order valence-electron chi connectivity index (χ1n) is 6.66. The van der Waals surface area contributed by atoms with Crippen molar-refractivity contribution in [1.82, 2.24) is 14.9 Å². The van der Waals surface area contributed by atoms with E-state index in [-0.39, 0.29) is 12.1 Å². The Balaban J connectivity index is 2.02. The minimum absolute atomic E-state index is 0.209. The van der Waals surface area contributed by atoms with E-state index in [9.17, 15) is 9.90 Å². The molecule has 2 N–H and O–H groups in total.